The summed E-state index contributed by atoms with van der Waals surface area (Å²) < 4.78 is 19.2. The lowest BCUT2D eigenvalue weighted by molar-refractivity contribution is 0.101. The number of carbonyl (C=O) groups excluding carboxylic acids is 1. The van der Waals surface area contributed by atoms with Crippen molar-refractivity contribution in [1.82, 2.24) is 19.9 Å². The van der Waals surface area contributed by atoms with E-state index in [9.17, 15) is 9.18 Å². The van der Waals surface area contributed by atoms with Gasteiger partial charge in [0.15, 0.2) is 10.9 Å². The van der Waals surface area contributed by atoms with Gasteiger partial charge in [-0.2, -0.15) is 0 Å². The van der Waals surface area contributed by atoms with Crippen molar-refractivity contribution in [1.29, 1.82) is 0 Å². The molecular weight excluding hydrogens is 539 g/mol. The van der Waals surface area contributed by atoms with Crippen molar-refractivity contribution < 1.29 is 13.9 Å². The van der Waals surface area contributed by atoms with Crippen LogP contribution in [0.15, 0.2) is 78.1 Å². The quantitative estimate of drug-likeness (QED) is 0.0976. The number of carbonyl (C=O) groups is 1. The molecule has 0 amide bonds. The van der Waals surface area contributed by atoms with Crippen LogP contribution in [-0.4, -0.2) is 32.8 Å². The van der Waals surface area contributed by atoms with E-state index in [1.807, 2.05) is 55.5 Å². The Morgan fingerprint density at radius 1 is 1.02 bits per heavy atom. The summed E-state index contributed by atoms with van der Waals surface area (Å²) in [5, 5.41) is 7.45. The summed E-state index contributed by atoms with van der Waals surface area (Å²) >= 11 is 4.40. The summed E-state index contributed by atoms with van der Waals surface area (Å²) in [6, 6.07) is 19.1. The monoisotopic (exact) mass is 570 g/mol. The van der Waals surface area contributed by atoms with Crippen LogP contribution in [0.3, 0.4) is 0 Å². The summed E-state index contributed by atoms with van der Waals surface area (Å²) in [5.74, 6) is 0.886. The number of thiol groups is 1. The van der Waals surface area contributed by atoms with E-state index in [1.54, 1.807) is 19.4 Å². The third-order valence-electron chi connectivity index (χ3n) is 6.38. The first kappa shape index (κ1) is 29.4. The molecule has 0 radical (unpaired) electrons. The molecule has 3 aromatic heterocycles. The smallest absolute Gasteiger partial charge is 0.188 e. The zero-order chi connectivity index (χ0) is 28.2. The van der Waals surface area contributed by atoms with E-state index >= 15 is 0 Å². The molecule has 10 heteroatoms. The van der Waals surface area contributed by atoms with Crippen LogP contribution in [0.1, 0.15) is 48.9 Å². The Balaban J connectivity index is 0.00000387. The van der Waals surface area contributed by atoms with Gasteiger partial charge in [-0.3, -0.25) is 9.78 Å². The van der Waals surface area contributed by atoms with E-state index in [2.05, 4.69) is 38.2 Å². The van der Waals surface area contributed by atoms with Gasteiger partial charge in [0.2, 0.25) is 0 Å². The molecule has 2 N–H and O–H groups in total. The maximum atomic E-state index is 14.0. The van der Waals surface area contributed by atoms with Crippen molar-refractivity contribution >= 4 is 41.0 Å². The van der Waals surface area contributed by atoms with Crippen LogP contribution >= 0.6 is 12.6 Å². The van der Waals surface area contributed by atoms with E-state index in [4.69, 9.17) is 9.72 Å². The minimum absolute atomic E-state index is 0. The molecule has 0 spiro atoms. The van der Waals surface area contributed by atoms with E-state index < -0.39 is 6.04 Å². The number of pyridine rings is 2. The van der Waals surface area contributed by atoms with E-state index in [0.717, 1.165) is 16.9 Å². The van der Waals surface area contributed by atoms with Crippen LogP contribution in [0.2, 0.25) is 0 Å². The normalized spacial score (nSPS) is 11.4. The fraction of sp³-hybridized carbons (Fsp3) is 0.194. The van der Waals surface area contributed by atoms with E-state index in [1.165, 1.54) is 19.1 Å². The molecule has 0 fully saturated rings. The highest BCUT2D eigenvalue weighted by Crippen LogP contribution is 2.33. The Morgan fingerprint density at radius 2 is 1.78 bits per heavy atom. The molecule has 1 atom stereocenters. The molecule has 5 aromatic rings. The molecular formula is C31H31FN6O2S. The number of fused-ring (bicyclic) bond motifs is 1. The topological polar surface area (TPSA) is 102 Å². The fourth-order valence-electron chi connectivity index (χ4n) is 4.44. The highest BCUT2D eigenvalue weighted by molar-refractivity contribution is 7.80. The molecule has 8 nitrogen and oxygen atoms in total. The average molecular weight is 571 g/mol. The van der Waals surface area contributed by atoms with Gasteiger partial charge in [0.25, 0.3) is 0 Å². The Labute approximate surface area is 243 Å². The number of methoxy groups -OCH3 is 1. The third kappa shape index (κ3) is 6.60. The molecule has 2 aromatic carbocycles. The standard InChI is InChI=1S/C30H27FN6O2S.CH4/c1-17(27-23(25-6-4-5-13-32-25)15-20-14-21(31)9-12-24(20)35-27)34-29-26(18(2)38)28(36-30(40)37-29)33-16-19-7-10-22(39-3)11-8-19;/h4-15,17H,16H2,1-3H3,(H3,33,34,36,37,40);1H4. The molecule has 0 bridgehead atoms. The van der Waals surface area contributed by atoms with Crippen molar-refractivity contribution in [2.75, 3.05) is 17.7 Å². The van der Waals surface area contributed by atoms with Crippen LogP contribution in [0.4, 0.5) is 16.0 Å². The minimum Gasteiger partial charge on any atom is -0.497 e. The van der Waals surface area contributed by atoms with E-state index in [-0.39, 0.29) is 24.2 Å². The third-order valence-corrected chi connectivity index (χ3v) is 6.58. The van der Waals surface area contributed by atoms with Gasteiger partial charge in [-0.15, -0.1) is 12.6 Å². The first-order valence-corrected chi connectivity index (χ1v) is 13.0. The van der Waals surface area contributed by atoms with Gasteiger partial charge in [-0.05, 0) is 67.9 Å². The molecule has 41 heavy (non-hydrogen) atoms. The predicted molar refractivity (Wildman–Crippen MR) is 163 cm³/mol. The molecule has 210 valence electrons. The summed E-state index contributed by atoms with van der Waals surface area (Å²) in [6.07, 6.45) is 1.69. The second kappa shape index (κ2) is 12.7. The first-order chi connectivity index (χ1) is 19.3. The Kier molecular flexibility index (Phi) is 9.14. The number of Topliss-reactive ketones (excluding diaryl/α,β-unsaturated/α-hetero) is 1. The number of ketones is 1. The van der Waals surface area contributed by atoms with Crippen LogP contribution in [0.5, 0.6) is 5.75 Å². The van der Waals surface area contributed by atoms with Crippen molar-refractivity contribution in [3.63, 3.8) is 0 Å². The molecule has 5 rings (SSSR count). The summed E-state index contributed by atoms with van der Waals surface area (Å²) in [4.78, 5) is 31.0. The van der Waals surface area contributed by atoms with Gasteiger partial charge >= 0.3 is 0 Å². The number of rotatable bonds is 9. The Morgan fingerprint density at radius 3 is 2.46 bits per heavy atom. The largest absolute Gasteiger partial charge is 0.497 e. The number of hydrogen-bond donors (Lipinski definition) is 3. The van der Waals surface area contributed by atoms with Crippen molar-refractivity contribution in [3.05, 3.63) is 95.6 Å². The Hall–Kier alpha value is -4.57. The summed E-state index contributed by atoms with van der Waals surface area (Å²) in [6.45, 7) is 3.81. The van der Waals surface area contributed by atoms with Crippen molar-refractivity contribution in [2.24, 2.45) is 0 Å². The number of benzene rings is 2. The zero-order valence-electron chi connectivity index (χ0n) is 22.1. The number of nitrogens with one attached hydrogen (secondary N) is 2. The number of nitrogens with zero attached hydrogens (tertiary/aromatic N) is 4. The minimum atomic E-state index is -0.415. The highest BCUT2D eigenvalue weighted by Gasteiger charge is 2.22. The SMILES string of the molecule is C.COc1ccc(CNc2nc(S)nc(NC(C)c3nc4ccc(F)cc4cc3-c3ccccn3)c2C(C)=O)cc1. The van der Waals surface area contributed by atoms with Crippen LogP contribution in [0, 0.1) is 5.82 Å². The van der Waals surface area contributed by atoms with Crippen LogP contribution in [0.25, 0.3) is 22.2 Å². The maximum Gasteiger partial charge on any atom is 0.188 e. The van der Waals surface area contributed by atoms with Crippen LogP contribution in [-0.2, 0) is 6.54 Å². The molecule has 0 aliphatic rings. The molecule has 3 heterocycles. The van der Waals surface area contributed by atoms with Gasteiger partial charge in [0.1, 0.15) is 28.8 Å². The van der Waals surface area contributed by atoms with Gasteiger partial charge in [0, 0.05) is 23.7 Å². The molecule has 0 aliphatic heterocycles. The van der Waals surface area contributed by atoms with E-state index in [0.29, 0.717) is 46.0 Å². The van der Waals surface area contributed by atoms with Crippen LogP contribution < -0.4 is 15.4 Å². The van der Waals surface area contributed by atoms with Crippen molar-refractivity contribution in [2.45, 2.75) is 39.0 Å². The maximum absolute atomic E-state index is 14.0. The lowest BCUT2D eigenvalue weighted by Gasteiger charge is -2.21. The number of aromatic nitrogens is 4. The fourth-order valence-corrected chi connectivity index (χ4v) is 4.64. The predicted octanol–water partition coefficient (Wildman–Crippen LogP) is 7.15. The molecule has 0 saturated carbocycles. The first-order valence-electron chi connectivity index (χ1n) is 12.6. The number of hydrogen-bond acceptors (Lipinski definition) is 9. The second-order valence-electron chi connectivity index (χ2n) is 9.19. The number of anilines is 2. The van der Waals surface area contributed by atoms with Crippen molar-refractivity contribution in [3.8, 4) is 17.0 Å². The number of halogens is 1. The second-order valence-corrected chi connectivity index (χ2v) is 9.59. The van der Waals surface area contributed by atoms with Gasteiger partial charge in [-0.1, -0.05) is 25.6 Å². The average Bonchev–Trinajstić information content (AvgIpc) is 2.95. The summed E-state index contributed by atoms with van der Waals surface area (Å²) in [7, 11) is 1.61. The molecule has 0 saturated heterocycles. The van der Waals surface area contributed by atoms with Gasteiger partial charge < -0.3 is 15.4 Å². The lowest BCUT2D eigenvalue weighted by atomic mass is 10.0. The molecule has 0 aliphatic carbocycles. The zero-order valence-corrected chi connectivity index (χ0v) is 23.0. The lowest BCUT2D eigenvalue weighted by Crippen LogP contribution is -2.17. The van der Waals surface area contributed by atoms with Gasteiger partial charge in [-0.25, -0.2) is 19.3 Å². The summed E-state index contributed by atoms with van der Waals surface area (Å²) in [5.41, 5.74) is 4.02. The number of ether oxygens (including phenoxy) is 1. The highest BCUT2D eigenvalue weighted by atomic mass is 32.1. The van der Waals surface area contributed by atoms with Gasteiger partial charge in [0.05, 0.1) is 30.1 Å². The molecule has 1 unspecified atom stereocenters. The Bertz CT molecular complexity index is 1680.